The number of nitrogens with zero attached hydrogens (tertiary/aromatic N) is 2. The van der Waals surface area contributed by atoms with Gasteiger partial charge in [0.25, 0.3) is 5.91 Å². The van der Waals surface area contributed by atoms with Crippen LogP contribution in [0.4, 0.5) is 4.39 Å². The molecule has 0 bridgehead atoms. The summed E-state index contributed by atoms with van der Waals surface area (Å²) in [5, 5.41) is 0. The Kier molecular flexibility index (Phi) is 6.27. The molecule has 0 aromatic heterocycles. The van der Waals surface area contributed by atoms with Gasteiger partial charge in [-0.05, 0) is 36.5 Å². The van der Waals surface area contributed by atoms with E-state index in [0.717, 1.165) is 45.7 Å². The maximum atomic E-state index is 13.4. The zero-order chi connectivity index (χ0) is 18.6. The van der Waals surface area contributed by atoms with Crippen LogP contribution in [-0.4, -0.2) is 75.9 Å². The number of amides is 1. The molecule has 3 rings (SSSR count). The van der Waals surface area contributed by atoms with Gasteiger partial charge in [0.05, 0.1) is 13.2 Å². The van der Waals surface area contributed by atoms with Gasteiger partial charge in [0.2, 0.25) is 0 Å². The Bertz CT molecular complexity index is 617. The molecule has 2 aliphatic heterocycles. The molecule has 1 aromatic carbocycles. The van der Waals surface area contributed by atoms with Crippen LogP contribution in [0.25, 0.3) is 0 Å². The Balaban J connectivity index is 1.64. The van der Waals surface area contributed by atoms with E-state index in [1.54, 1.807) is 26.4 Å². The largest absolute Gasteiger partial charge is 0.384 e. The maximum absolute atomic E-state index is 13.4. The molecule has 1 amide bonds. The van der Waals surface area contributed by atoms with Gasteiger partial charge in [-0.15, -0.1) is 0 Å². The van der Waals surface area contributed by atoms with E-state index in [-0.39, 0.29) is 17.1 Å². The number of rotatable bonds is 6. The highest BCUT2D eigenvalue weighted by atomic mass is 19.1. The molecular formula is C20H29FN2O3. The molecule has 2 fully saturated rings. The molecule has 1 spiro atoms. The molecule has 26 heavy (non-hydrogen) atoms. The van der Waals surface area contributed by atoms with E-state index in [0.29, 0.717) is 24.6 Å². The number of carbonyl (C=O) groups is 1. The third-order valence-electron chi connectivity index (χ3n) is 5.98. The lowest BCUT2D eigenvalue weighted by molar-refractivity contribution is 0.0321. The highest BCUT2D eigenvalue weighted by molar-refractivity contribution is 5.94. The second-order valence-electron chi connectivity index (χ2n) is 7.55. The molecule has 6 heteroatoms. The van der Waals surface area contributed by atoms with Gasteiger partial charge >= 0.3 is 0 Å². The highest BCUT2D eigenvalue weighted by Crippen LogP contribution is 2.44. The lowest BCUT2D eigenvalue weighted by Crippen LogP contribution is -2.47. The molecule has 1 aromatic rings. The van der Waals surface area contributed by atoms with Gasteiger partial charge in [-0.3, -0.25) is 4.79 Å². The van der Waals surface area contributed by atoms with Crippen LogP contribution < -0.4 is 0 Å². The highest BCUT2D eigenvalue weighted by Gasteiger charge is 2.48. The van der Waals surface area contributed by atoms with Crippen molar-refractivity contribution in [3.8, 4) is 0 Å². The van der Waals surface area contributed by atoms with E-state index < -0.39 is 0 Å². The van der Waals surface area contributed by atoms with Crippen molar-refractivity contribution in [3.63, 3.8) is 0 Å². The predicted molar refractivity (Wildman–Crippen MR) is 97.7 cm³/mol. The van der Waals surface area contributed by atoms with E-state index in [1.807, 2.05) is 4.90 Å². The topological polar surface area (TPSA) is 42.0 Å². The van der Waals surface area contributed by atoms with E-state index in [1.165, 1.54) is 12.1 Å². The minimum absolute atomic E-state index is 0.0723. The second kappa shape index (κ2) is 8.46. The van der Waals surface area contributed by atoms with Crippen LogP contribution in [0, 0.1) is 17.2 Å². The average Bonchev–Trinajstić information content (AvgIpc) is 2.97. The Morgan fingerprint density at radius 1 is 1.27 bits per heavy atom. The summed E-state index contributed by atoms with van der Waals surface area (Å²) in [6.45, 7) is 5.91. The third-order valence-corrected chi connectivity index (χ3v) is 5.98. The first kappa shape index (κ1) is 19.3. The van der Waals surface area contributed by atoms with Gasteiger partial charge in [0.1, 0.15) is 5.82 Å². The molecule has 2 saturated heterocycles. The van der Waals surface area contributed by atoms with E-state index in [4.69, 9.17) is 9.47 Å². The molecule has 5 nitrogen and oxygen atoms in total. The number of hydrogen-bond donors (Lipinski definition) is 0. The third kappa shape index (κ3) is 4.08. The minimum atomic E-state index is -0.367. The summed E-state index contributed by atoms with van der Waals surface area (Å²) in [7, 11) is 3.49. The number of halogens is 1. The van der Waals surface area contributed by atoms with Crippen molar-refractivity contribution in [2.24, 2.45) is 11.3 Å². The number of carbonyl (C=O) groups excluding carboxylic acids is 1. The number of likely N-dealkylation sites (tertiary alicyclic amines) is 2. The predicted octanol–water partition coefficient (Wildman–Crippen LogP) is 2.27. The van der Waals surface area contributed by atoms with Crippen molar-refractivity contribution < 1.29 is 18.7 Å². The summed E-state index contributed by atoms with van der Waals surface area (Å²) in [5.41, 5.74) is 0.630. The van der Waals surface area contributed by atoms with Gasteiger partial charge in [-0.25, -0.2) is 4.39 Å². The van der Waals surface area contributed by atoms with Crippen molar-refractivity contribution in [1.82, 2.24) is 9.80 Å². The van der Waals surface area contributed by atoms with Crippen LogP contribution in [-0.2, 0) is 9.47 Å². The SMILES string of the molecule is COCCN1CC(COC)C2(CCN(C(=O)c3cccc(F)c3)CC2)C1. The molecule has 1 atom stereocenters. The quantitative estimate of drug-likeness (QED) is 0.777. The van der Waals surface area contributed by atoms with Crippen molar-refractivity contribution >= 4 is 5.91 Å². The minimum Gasteiger partial charge on any atom is -0.384 e. The lowest BCUT2D eigenvalue weighted by atomic mass is 9.71. The molecule has 0 aliphatic carbocycles. The molecule has 0 saturated carbocycles. The number of benzene rings is 1. The smallest absolute Gasteiger partial charge is 0.253 e. The summed E-state index contributed by atoms with van der Waals surface area (Å²) in [5.74, 6) is 0.0433. The van der Waals surface area contributed by atoms with Crippen LogP contribution >= 0.6 is 0 Å². The van der Waals surface area contributed by atoms with Crippen molar-refractivity contribution in [2.45, 2.75) is 12.8 Å². The monoisotopic (exact) mass is 364 g/mol. The zero-order valence-corrected chi connectivity index (χ0v) is 15.7. The van der Waals surface area contributed by atoms with Gasteiger partial charge in [-0.2, -0.15) is 0 Å². The van der Waals surface area contributed by atoms with Crippen LogP contribution in [0.3, 0.4) is 0 Å². The Morgan fingerprint density at radius 3 is 2.69 bits per heavy atom. The molecule has 0 radical (unpaired) electrons. The summed E-state index contributed by atoms with van der Waals surface area (Å²) in [4.78, 5) is 17.0. The van der Waals surface area contributed by atoms with Crippen LogP contribution in [0.1, 0.15) is 23.2 Å². The first-order chi connectivity index (χ1) is 12.6. The van der Waals surface area contributed by atoms with E-state index in [2.05, 4.69) is 4.90 Å². The first-order valence-electron chi connectivity index (χ1n) is 9.33. The normalized spacial score (nSPS) is 22.9. The second-order valence-corrected chi connectivity index (χ2v) is 7.55. The number of hydrogen-bond acceptors (Lipinski definition) is 4. The van der Waals surface area contributed by atoms with Gasteiger partial charge in [-0.1, -0.05) is 6.07 Å². The number of ether oxygens (including phenoxy) is 2. The fourth-order valence-electron chi connectivity index (χ4n) is 4.49. The molecule has 2 heterocycles. The summed E-state index contributed by atoms with van der Waals surface area (Å²) >= 11 is 0. The lowest BCUT2D eigenvalue weighted by Gasteiger charge is -2.42. The molecule has 1 unspecified atom stereocenters. The van der Waals surface area contributed by atoms with E-state index in [9.17, 15) is 9.18 Å². The van der Waals surface area contributed by atoms with Gasteiger partial charge in [0, 0.05) is 58.4 Å². The fraction of sp³-hybridized carbons (Fsp3) is 0.650. The summed E-state index contributed by atoms with van der Waals surface area (Å²) in [6.07, 6.45) is 1.93. The average molecular weight is 364 g/mol. The summed E-state index contributed by atoms with van der Waals surface area (Å²) < 4.78 is 24.1. The molecule has 0 N–H and O–H groups in total. The molecule has 2 aliphatic rings. The van der Waals surface area contributed by atoms with Crippen LogP contribution in [0.2, 0.25) is 0 Å². The first-order valence-corrected chi connectivity index (χ1v) is 9.33. The maximum Gasteiger partial charge on any atom is 0.253 e. The van der Waals surface area contributed by atoms with Crippen molar-refractivity contribution in [2.75, 3.05) is 60.2 Å². The Labute approximate surface area is 155 Å². The van der Waals surface area contributed by atoms with Crippen LogP contribution in [0.5, 0.6) is 0 Å². The van der Waals surface area contributed by atoms with Gasteiger partial charge < -0.3 is 19.3 Å². The number of piperidine rings is 1. The fourth-order valence-corrected chi connectivity index (χ4v) is 4.49. The Morgan fingerprint density at radius 2 is 2.04 bits per heavy atom. The molecular weight excluding hydrogens is 335 g/mol. The Hall–Kier alpha value is -1.50. The van der Waals surface area contributed by atoms with Gasteiger partial charge in [0.15, 0.2) is 0 Å². The van der Waals surface area contributed by atoms with Crippen molar-refractivity contribution in [3.05, 3.63) is 35.6 Å². The zero-order valence-electron chi connectivity index (χ0n) is 15.7. The summed E-state index contributed by atoms with van der Waals surface area (Å²) in [6, 6.07) is 5.96. The van der Waals surface area contributed by atoms with E-state index >= 15 is 0 Å². The van der Waals surface area contributed by atoms with Crippen molar-refractivity contribution in [1.29, 1.82) is 0 Å². The van der Waals surface area contributed by atoms with Crippen LogP contribution in [0.15, 0.2) is 24.3 Å². The molecule has 144 valence electrons. The number of methoxy groups -OCH3 is 2. The standard InChI is InChI=1S/C20H29FN2O3/c1-25-11-10-22-13-17(14-26-2)20(15-22)6-8-23(9-7-20)19(24)16-4-3-5-18(21)12-16/h3-5,12,17H,6-11,13-15H2,1-2H3.